The van der Waals surface area contributed by atoms with Gasteiger partial charge in [-0.25, -0.2) is 0 Å². The molecule has 0 aromatic heterocycles. The molecule has 0 aliphatic carbocycles. The minimum absolute atomic E-state index is 0.385. The van der Waals surface area contributed by atoms with E-state index in [2.05, 4.69) is 17.1 Å². The van der Waals surface area contributed by atoms with Gasteiger partial charge < -0.3 is 16.0 Å². The summed E-state index contributed by atoms with van der Waals surface area (Å²) in [5.74, 6) is -0.408. The summed E-state index contributed by atoms with van der Waals surface area (Å²) in [5, 5.41) is 4.02. The molecular formula is C14H20ClN3O. The Hall–Kier alpha value is -1.26. The van der Waals surface area contributed by atoms with Crippen molar-refractivity contribution in [2.24, 2.45) is 5.73 Å². The van der Waals surface area contributed by atoms with E-state index in [1.54, 1.807) is 12.1 Å². The highest BCUT2D eigenvalue weighted by Crippen LogP contribution is 2.28. The molecule has 1 atom stereocenters. The molecule has 1 aliphatic rings. The molecule has 0 radical (unpaired) electrons. The first-order chi connectivity index (χ1) is 9.13. The highest BCUT2D eigenvalue weighted by molar-refractivity contribution is 6.31. The van der Waals surface area contributed by atoms with Gasteiger partial charge in [0.2, 0.25) is 0 Å². The molecule has 104 valence electrons. The largest absolute Gasteiger partial charge is 0.367 e. The Bertz CT molecular complexity index is 458. The van der Waals surface area contributed by atoms with E-state index in [1.807, 2.05) is 6.07 Å². The van der Waals surface area contributed by atoms with Crippen LogP contribution < -0.4 is 16.0 Å². The van der Waals surface area contributed by atoms with Crippen molar-refractivity contribution in [3.63, 3.8) is 0 Å². The number of nitrogens with one attached hydrogen (secondary N) is 1. The van der Waals surface area contributed by atoms with E-state index < -0.39 is 5.91 Å². The number of benzene rings is 1. The summed E-state index contributed by atoms with van der Waals surface area (Å²) in [5.41, 5.74) is 6.84. The fourth-order valence-electron chi connectivity index (χ4n) is 2.68. The molecule has 19 heavy (non-hydrogen) atoms. The van der Waals surface area contributed by atoms with Crippen LogP contribution in [0.5, 0.6) is 0 Å². The van der Waals surface area contributed by atoms with Crippen molar-refractivity contribution in [3.8, 4) is 0 Å². The second-order valence-corrected chi connectivity index (χ2v) is 5.25. The Balaban J connectivity index is 2.35. The fraction of sp³-hybridized carbons (Fsp3) is 0.500. The quantitative estimate of drug-likeness (QED) is 0.888. The van der Waals surface area contributed by atoms with Crippen LogP contribution in [0.4, 0.5) is 5.69 Å². The molecule has 2 rings (SSSR count). The summed E-state index contributed by atoms with van der Waals surface area (Å²) in [6.07, 6.45) is 2.26. The molecule has 4 nitrogen and oxygen atoms in total. The molecule has 1 amide bonds. The third-order valence-electron chi connectivity index (χ3n) is 3.59. The molecule has 1 unspecified atom stereocenters. The monoisotopic (exact) mass is 281 g/mol. The van der Waals surface area contributed by atoms with Crippen molar-refractivity contribution in [3.05, 3.63) is 28.8 Å². The zero-order valence-corrected chi connectivity index (χ0v) is 11.9. The Labute approximate surface area is 118 Å². The molecule has 5 heteroatoms. The maximum absolute atomic E-state index is 11.6. The lowest BCUT2D eigenvalue weighted by molar-refractivity contribution is 0.100. The van der Waals surface area contributed by atoms with Crippen LogP contribution in [0.2, 0.25) is 5.02 Å². The zero-order valence-electron chi connectivity index (χ0n) is 11.2. The van der Waals surface area contributed by atoms with Gasteiger partial charge in [0.25, 0.3) is 5.91 Å². The van der Waals surface area contributed by atoms with E-state index in [4.69, 9.17) is 17.3 Å². The van der Waals surface area contributed by atoms with Crippen molar-refractivity contribution < 1.29 is 4.79 Å². The zero-order chi connectivity index (χ0) is 13.8. The molecule has 1 aromatic rings. The van der Waals surface area contributed by atoms with Gasteiger partial charge in [-0.2, -0.15) is 0 Å². The number of anilines is 1. The number of amides is 1. The lowest BCUT2D eigenvalue weighted by Gasteiger charge is -2.36. The minimum Gasteiger partial charge on any atom is -0.367 e. The summed E-state index contributed by atoms with van der Waals surface area (Å²) in [4.78, 5) is 13.8. The predicted octanol–water partition coefficient (Wildman–Crippen LogP) is 2.02. The summed E-state index contributed by atoms with van der Waals surface area (Å²) in [7, 11) is 0. The summed E-state index contributed by atoms with van der Waals surface area (Å²) >= 11 is 6.07. The molecule has 0 bridgehead atoms. The number of carbonyl (C=O) groups is 1. The Morgan fingerprint density at radius 1 is 1.58 bits per heavy atom. The van der Waals surface area contributed by atoms with Crippen LogP contribution in [0.3, 0.4) is 0 Å². The Morgan fingerprint density at radius 2 is 2.37 bits per heavy atom. The van der Waals surface area contributed by atoms with Gasteiger partial charge in [0.1, 0.15) is 0 Å². The van der Waals surface area contributed by atoms with Gasteiger partial charge in [-0.3, -0.25) is 4.79 Å². The molecule has 1 aromatic carbocycles. The molecule has 0 saturated carbocycles. The molecule has 1 heterocycles. The number of rotatable bonds is 4. The van der Waals surface area contributed by atoms with E-state index in [-0.39, 0.29) is 0 Å². The van der Waals surface area contributed by atoms with E-state index in [0.717, 1.165) is 38.2 Å². The maximum atomic E-state index is 11.6. The van der Waals surface area contributed by atoms with Crippen molar-refractivity contribution >= 4 is 23.2 Å². The molecule has 1 fully saturated rings. The van der Waals surface area contributed by atoms with E-state index in [9.17, 15) is 4.79 Å². The normalized spacial score (nSPS) is 19.2. The maximum Gasteiger partial charge on any atom is 0.250 e. The van der Waals surface area contributed by atoms with Crippen molar-refractivity contribution in [2.45, 2.75) is 25.8 Å². The van der Waals surface area contributed by atoms with Crippen molar-refractivity contribution in [1.29, 1.82) is 0 Å². The SMILES string of the molecule is CCN(c1cc(Cl)ccc1C(N)=O)C1CCCNC1. The lowest BCUT2D eigenvalue weighted by Crippen LogP contribution is -2.46. The first-order valence-corrected chi connectivity index (χ1v) is 7.08. The van der Waals surface area contributed by atoms with Crippen LogP contribution in [0.1, 0.15) is 30.1 Å². The number of hydrogen-bond donors (Lipinski definition) is 2. The first kappa shape index (κ1) is 14.2. The van der Waals surface area contributed by atoms with Crippen molar-refractivity contribution in [2.75, 3.05) is 24.5 Å². The summed E-state index contributed by atoms with van der Waals surface area (Å²) in [6, 6.07) is 5.63. The number of carbonyl (C=O) groups excluding carboxylic acids is 1. The van der Waals surface area contributed by atoms with Crippen LogP contribution in [0.25, 0.3) is 0 Å². The van der Waals surface area contributed by atoms with Gasteiger partial charge in [-0.15, -0.1) is 0 Å². The summed E-state index contributed by atoms with van der Waals surface area (Å²) < 4.78 is 0. The van der Waals surface area contributed by atoms with Crippen LogP contribution in [0, 0.1) is 0 Å². The summed E-state index contributed by atoms with van der Waals surface area (Å²) in [6.45, 7) is 4.90. The molecular weight excluding hydrogens is 262 g/mol. The van der Waals surface area contributed by atoms with Gasteiger partial charge in [0.05, 0.1) is 11.3 Å². The van der Waals surface area contributed by atoms with Gasteiger partial charge in [0.15, 0.2) is 0 Å². The smallest absolute Gasteiger partial charge is 0.250 e. The third-order valence-corrected chi connectivity index (χ3v) is 3.82. The standard InChI is InChI=1S/C14H20ClN3O/c1-2-18(11-4-3-7-17-9-11)13-8-10(15)5-6-12(13)14(16)19/h5-6,8,11,17H,2-4,7,9H2,1H3,(H2,16,19). The van der Waals surface area contributed by atoms with Gasteiger partial charge in [-0.05, 0) is 44.5 Å². The molecule has 1 aliphatic heterocycles. The minimum atomic E-state index is -0.408. The number of halogens is 1. The van der Waals surface area contributed by atoms with Gasteiger partial charge >= 0.3 is 0 Å². The average molecular weight is 282 g/mol. The number of nitrogens with two attached hydrogens (primary N) is 1. The highest BCUT2D eigenvalue weighted by Gasteiger charge is 2.23. The number of hydrogen-bond acceptors (Lipinski definition) is 3. The Morgan fingerprint density at radius 3 is 2.95 bits per heavy atom. The van der Waals surface area contributed by atoms with E-state index in [1.165, 1.54) is 0 Å². The number of piperidine rings is 1. The first-order valence-electron chi connectivity index (χ1n) is 6.70. The van der Waals surface area contributed by atoms with Crippen molar-refractivity contribution in [1.82, 2.24) is 5.32 Å². The van der Waals surface area contributed by atoms with Crippen LogP contribution in [-0.4, -0.2) is 31.6 Å². The highest BCUT2D eigenvalue weighted by atomic mass is 35.5. The number of nitrogens with zero attached hydrogens (tertiary/aromatic N) is 1. The predicted molar refractivity (Wildman–Crippen MR) is 78.9 cm³/mol. The molecule has 0 spiro atoms. The van der Waals surface area contributed by atoms with E-state index in [0.29, 0.717) is 16.6 Å². The average Bonchev–Trinajstić information content (AvgIpc) is 2.40. The van der Waals surface area contributed by atoms with Gasteiger partial charge in [0, 0.05) is 24.2 Å². The van der Waals surface area contributed by atoms with Crippen LogP contribution in [0.15, 0.2) is 18.2 Å². The second-order valence-electron chi connectivity index (χ2n) is 4.81. The fourth-order valence-corrected chi connectivity index (χ4v) is 2.84. The van der Waals surface area contributed by atoms with E-state index >= 15 is 0 Å². The molecule has 3 N–H and O–H groups in total. The Kier molecular flexibility index (Phi) is 4.66. The van der Waals surface area contributed by atoms with Crippen LogP contribution >= 0.6 is 11.6 Å². The second kappa shape index (κ2) is 6.26. The topological polar surface area (TPSA) is 58.4 Å². The number of primary amides is 1. The van der Waals surface area contributed by atoms with Crippen LogP contribution in [-0.2, 0) is 0 Å². The number of likely N-dealkylation sites (N-methyl/N-ethyl adjacent to an activating group) is 1. The van der Waals surface area contributed by atoms with Gasteiger partial charge in [-0.1, -0.05) is 11.6 Å². The molecule has 1 saturated heterocycles. The lowest BCUT2D eigenvalue weighted by atomic mass is 10.0. The third kappa shape index (κ3) is 3.19.